The van der Waals surface area contributed by atoms with Crippen molar-refractivity contribution < 1.29 is 19.0 Å². The Labute approximate surface area is 107 Å². The average Bonchev–Trinajstić information content (AvgIpc) is 2.38. The lowest BCUT2D eigenvalue weighted by atomic mass is 10.2. The Kier molecular flexibility index (Phi) is 6.37. The first-order chi connectivity index (χ1) is 8.76. The van der Waals surface area contributed by atoms with E-state index < -0.39 is 5.97 Å². The highest BCUT2D eigenvalue weighted by Gasteiger charge is 1.95. The van der Waals surface area contributed by atoms with Crippen LogP contribution in [0, 0.1) is 11.8 Å². The second kappa shape index (κ2) is 8.15. The zero-order valence-electron chi connectivity index (χ0n) is 10.6. The first-order valence-corrected chi connectivity index (χ1v) is 5.67. The Morgan fingerprint density at radius 1 is 1.22 bits per heavy atom. The van der Waals surface area contributed by atoms with E-state index in [2.05, 4.69) is 11.8 Å². The number of esters is 1. The molecule has 18 heavy (non-hydrogen) atoms. The molecule has 0 unspecified atom stereocenters. The van der Waals surface area contributed by atoms with Gasteiger partial charge < -0.3 is 14.2 Å². The number of rotatable bonds is 5. The summed E-state index contributed by atoms with van der Waals surface area (Å²) in [6.45, 7) is 3.13. The third-order valence-corrected chi connectivity index (χ3v) is 1.99. The number of hydrogen-bond donors (Lipinski definition) is 0. The van der Waals surface area contributed by atoms with E-state index >= 15 is 0 Å². The summed E-state index contributed by atoms with van der Waals surface area (Å²) in [6, 6.07) is 7.17. The van der Waals surface area contributed by atoms with Crippen molar-refractivity contribution in [1.82, 2.24) is 0 Å². The molecule has 0 aliphatic rings. The molecule has 0 aromatic heterocycles. The minimum absolute atomic E-state index is 0.333. The molecule has 0 amide bonds. The normalized spacial score (nSPS) is 9.22. The van der Waals surface area contributed by atoms with Crippen LogP contribution in [0.2, 0.25) is 0 Å². The predicted octanol–water partition coefficient (Wildman–Crippen LogP) is 1.63. The van der Waals surface area contributed by atoms with Crippen LogP contribution in [-0.2, 0) is 14.3 Å². The van der Waals surface area contributed by atoms with E-state index in [0.717, 1.165) is 11.3 Å². The second-order valence-electron chi connectivity index (χ2n) is 3.34. The number of ether oxygens (including phenoxy) is 3. The van der Waals surface area contributed by atoms with Crippen molar-refractivity contribution in [2.24, 2.45) is 0 Å². The topological polar surface area (TPSA) is 44.8 Å². The van der Waals surface area contributed by atoms with E-state index in [4.69, 9.17) is 14.2 Å². The van der Waals surface area contributed by atoms with Crippen LogP contribution in [0.1, 0.15) is 12.5 Å². The van der Waals surface area contributed by atoms with Crippen molar-refractivity contribution in [2.45, 2.75) is 6.92 Å². The lowest BCUT2D eigenvalue weighted by molar-refractivity contribution is -0.136. The molecular weight excluding hydrogens is 232 g/mol. The number of methoxy groups -OCH3 is 1. The summed E-state index contributed by atoms with van der Waals surface area (Å²) in [4.78, 5) is 11.0. The monoisotopic (exact) mass is 248 g/mol. The van der Waals surface area contributed by atoms with Gasteiger partial charge in [0.05, 0.1) is 13.2 Å². The van der Waals surface area contributed by atoms with Gasteiger partial charge in [-0.05, 0) is 31.2 Å². The smallest absolute Gasteiger partial charge is 0.384 e. The molecule has 0 saturated carbocycles. The molecule has 0 bridgehead atoms. The molecule has 0 spiro atoms. The van der Waals surface area contributed by atoms with Gasteiger partial charge in [-0.15, -0.1) is 0 Å². The van der Waals surface area contributed by atoms with Crippen molar-refractivity contribution in [3.8, 4) is 17.6 Å². The minimum Gasteiger partial charge on any atom is -0.491 e. The summed E-state index contributed by atoms with van der Waals surface area (Å²) in [5, 5.41) is 0. The van der Waals surface area contributed by atoms with Crippen molar-refractivity contribution in [1.29, 1.82) is 0 Å². The van der Waals surface area contributed by atoms with Crippen molar-refractivity contribution in [3.05, 3.63) is 29.8 Å². The molecule has 0 fully saturated rings. The summed E-state index contributed by atoms with van der Waals surface area (Å²) in [7, 11) is 1.62. The molecule has 0 aliphatic carbocycles. The fourth-order valence-corrected chi connectivity index (χ4v) is 1.17. The van der Waals surface area contributed by atoms with Crippen molar-refractivity contribution >= 4 is 5.97 Å². The van der Waals surface area contributed by atoms with Crippen LogP contribution < -0.4 is 4.74 Å². The van der Waals surface area contributed by atoms with Gasteiger partial charge in [-0.2, -0.15) is 0 Å². The Hall–Kier alpha value is -1.99. The molecule has 4 heteroatoms. The fraction of sp³-hybridized carbons (Fsp3) is 0.357. The zero-order chi connectivity index (χ0) is 13.2. The maximum atomic E-state index is 11.0. The first kappa shape index (κ1) is 14.1. The molecule has 1 aromatic carbocycles. The predicted molar refractivity (Wildman–Crippen MR) is 67.3 cm³/mol. The maximum Gasteiger partial charge on any atom is 0.384 e. The molecule has 1 rings (SSSR count). The molecule has 0 N–H and O–H groups in total. The summed E-state index contributed by atoms with van der Waals surface area (Å²) in [6.07, 6.45) is 0. The summed E-state index contributed by atoms with van der Waals surface area (Å²) >= 11 is 0. The van der Waals surface area contributed by atoms with E-state index in [9.17, 15) is 4.79 Å². The van der Waals surface area contributed by atoms with Gasteiger partial charge in [0.25, 0.3) is 0 Å². The summed E-state index contributed by atoms with van der Waals surface area (Å²) in [5.41, 5.74) is 0.738. The number of benzene rings is 1. The highest BCUT2D eigenvalue weighted by atomic mass is 16.5. The number of carbonyl (C=O) groups is 1. The Morgan fingerprint density at radius 3 is 2.56 bits per heavy atom. The van der Waals surface area contributed by atoms with E-state index in [1.807, 2.05) is 0 Å². The second-order valence-corrected chi connectivity index (χ2v) is 3.34. The number of hydrogen-bond acceptors (Lipinski definition) is 4. The molecule has 96 valence electrons. The molecule has 0 aliphatic heterocycles. The van der Waals surface area contributed by atoms with Crippen LogP contribution in [0.25, 0.3) is 0 Å². The Balaban J connectivity index is 2.52. The van der Waals surface area contributed by atoms with Crippen LogP contribution >= 0.6 is 0 Å². The lowest BCUT2D eigenvalue weighted by Gasteiger charge is -2.04. The third kappa shape index (κ3) is 5.37. The average molecular weight is 248 g/mol. The molecule has 0 saturated heterocycles. The van der Waals surface area contributed by atoms with Gasteiger partial charge in [0.15, 0.2) is 0 Å². The highest BCUT2D eigenvalue weighted by molar-refractivity contribution is 5.89. The SMILES string of the molecule is CCOC(=O)C#Cc1ccc(OCCOC)cc1. The summed E-state index contributed by atoms with van der Waals surface area (Å²) < 4.78 is 15.0. The minimum atomic E-state index is -0.516. The molecule has 0 heterocycles. The molecule has 1 aromatic rings. The lowest BCUT2D eigenvalue weighted by Crippen LogP contribution is -2.03. The van der Waals surface area contributed by atoms with Gasteiger partial charge in [0, 0.05) is 18.6 Å². The highest BCUT2D eigenvalue weighted by Crippen LogP contribution is 2.11. The Morgan fingerprint density at radius 2 is 1.94 bits per heavy atom. The number of carbonyl (C=O) groups excluding carboxylic acids is 1. The van der Waals surface area contributed by atoms with E-state index in [1.165, 1.54) is 0 Å². The van der Waals surface area contributed by atoms with Crippen LogP contribution in [0.15, 0.2) is 24.3 Å². The molecule has 0 atom stereocenters. The molecule has 0 radical (unpaired) electrons. The molecule has 4 nitrogen and oxygen atoms in total. The quantitative estimate of drug-likeness (QED) is 0.451. The summed E-state index contributed by atoms with van der Waals surface area (Å²) in [5.74, 6) is 5.35. The van der Waals surface area contributed by atoms with Gasteiger partial charge in [-0.3, -0.25) is 0 Å². The van der Waals surface area contributed by atoms with Crippen LogP contribution in [-0.4, -0.2) is 32.9 Å². The van der Waals surface area contributed by atoms with E-state index in [0.29, 0.717) is 19.8 Å². The van der Waals surface area contributed by atoms with E-state index in [1.54, 1.807) is 38.3 Å². The van der Waals surface area contributed by atoms with Gasteiger partial charge in [0.1, 0.15) is 12.4 Å². The standard InChI is InChI=1S/C14H16O4/c1-3-17-14(15)9-6-12-4-7-13(8-5-12)18-11-10-16-2/h4-5,7-8H,3,10-11H2,1-2H3. The maximum absolute atomic E-state index is 11.0. The van der Waals surface area contributed by atoms with Gasteiger partial charge in [-0.25, -0.2) is 4.79 Å². The van der Waals surface area contributed by atoms with Crippen LogP contribution in [0.5, 0.6) is 5.75 Å². The fourth-order valence-electron chi connectivity index (χ4n) is 1.17. The van der Waals surface area contributed by atoms with Gasteiger partial charge in [-0.1, -0.05) is 5.92 Å². The van der Waals surface area contributed by atoms with Crippen molar-refractivity contribution in [3.63, 3.8) is 0 Å². The molecular formula is C14H16O4. The van der Waals surface area contributed by atoms with Crippen LogP contribution in [0.4, 0.5) is 0 Å². The van der Waals surface area contributed by atoms with E-state index in [-0.39, 0.29) is 0 Å². The van der Waals surface area contributed by atoms with Crippen molar-refractivity contribution in [2.75, 3.05) is 26.9 Å². The first-order valence-electron chi connectivity index (χ1n) is 5.67. The van der Waals surface area contributed by atoms with Gasteiger partial charge in [0.2, 0.25) is 0 Å². The van der Waals surface area contributed by atoms with Crippen LogP contribution in [0.3, 0.4) is 0 Å². The third-order valence-electron chi connectivity index (χ3n) is 1.99. The Bertz CT molecular complexity index is 425. The largest absolute Gasteiger partial charge is 0.491 e. The zero-order valence-corrected chi connectivity index (χ0v) is 10.6. The van der Waals surface area contributed by atoms with Gasteiger partial charge >= 0.3 is 5.97 Å².